The molecule has 0 unspecified atom stereocenters. The Morgan fingerprint density at radius 3 is 2.54 bits per heavy atom. The third kappa shape index (κ3) is 5.26. The van der Waals surface area contributed by atoms with Crippen molar-refractivity contribution in [2.75, 3.05) is 6.61 Å². The molecule has 0 spiro atoms. The summed E-state index contributed by atoms with van der Waals surface area (Å²) in [5.74, 6) is 0.793. The highest BCUT2D eigenvalue weighted by molar-refractivity contribution is 7.07. The second-order valence-corrected chi connectivity index (χ2v) is 11.3. The van der Waals surface area contributed by atoms with E-state index < -0.39 is 12.0 Å². The average molecular weight is 582 g/mol. The van der Waals surface area contributed by atoms with Gasteiger partial charge in [0.25, 0.3) is 5.56 Å². The number of benzene rings is 2. The Kier molecular flexibility index (Phi) is 7.67. The Hall–Kier alpha value is -3.39. The third-order valence-corrected chi connectivity index (χ3v) is 8.24. The molecule has 0 amide bonds. The van der Waals surface area contributed by atoms with E-state index >= 15 is 0 Å². The molecule has 200 valence electrons. The molecule has 0 radical (unpaired) electrons. The highest BCUT2D eigenvalue weighted by Gasteiger charge is 2.35. The molecular formula is C30H26Cl2N2O4S. The summed E-state index contributed by atoms with van der Waals surface area (Å²) in [4.78, 5) is 32.0. The molecule has 0 bridgehead atoms. The van der Waals surface area contributed by atoms with Crippen molar-refractivity contribution in [1.82, 2.24) is 4.57 Å². The van der Waals surface area contributed by atoms with E-state index in [1.54, 1.807) is 44.2 Å². The van der Waals surface area contributed by atoms with E-state index in [1.807, 2.05) is 18.2 Å². The van der Waals surface area contributed by atoms with Crippen LogP contribution in [0, 0.1) is 0 Å². The van der Waals surface area contributed by atoms with E-state index in [0.29, 0.717) is 48.1 Å². The van der Waals surface area contributed by atoms with Gasteiger partial charge in [-0.05, 0) is 67.3 Å². The average Bonchev–Trinajstić information content (AvgIpc) is 3.50. The molecule has 3 heterocycles. The van der Waals surface area contributed by atoms with Gasteiger partial charge in [0, 0.05) is 5.56 Å². The Morgan fingerprint density at radius 1 is 1.13 bits per heavy atom. The van der Waals surface area contributed by atoms with Gasteiger partial charge in [-0.1, -0.05) is 72.7 Å². The molecule has 4 aromatic rings. The van der Waals surface area contributed by atoms with Gasteiger partial charge in [-0.25, -0.2) is 9.79 Å². The number of fused-ring (bicyclic) bond motifs is 1. The molecule has 9 heteroatoms. The lowest BCUT2D eigenvalue weighted by Gasteiger charge is -2.22. The van der Waals surface area contributed by atoms with E-state index in [-0.39, 0.29) is 17.7 Å². The molecule has 5 rings (SSSR count). The maximum Gasteiger partial charge on any atom is 0.338 e. The van der Waals surface area contributed by atoms with Gasteiger partial charge in [-0.3, -0.25) is 9.36 Å². The fourth-order valence-corrected chi connectivity index (χ4v) is 5.84. The predicted molar refractivity (Wildman–Crippen MR) is 155 cm³/mol. The van der Waals surface area contributed by atoms with E-state index in [9.17, 15) is 9.59 Å². The number of carbonyl (C=O) groups is 1. The van der Waals surface area contributed by atoms with Crippen molar-refractivity contribution in [3.05, 3.63) is 112 Å². The second-order valence-electron chi connectivity index (χ2n) is 9.45. The molecule has 6 nitrogen and oxygen atoms in total. The summed E-state index contributed by atoms with van der Waals surface area (Å²) in [6.07, 6.45) is 1.84. The van der Waals surface area contributed by atoms with Crippen LogP contribution < -0.4 is 14.9 Å². The van der Waals surface area contributed by atoms with E-state index in [0.717, 1.165) is 5.56 Å². The molecule has 0 saturated heterocycles. The molecule has 1 aliphatic rings. The molecule has 2 aromatic heterocycles. The number of ether oxygens (including phenoxy) is 1. The SMILES string of the molecule is CCOC(=O)C1=C(C)N=c2s/c(=C\c3ccc(C(C)C)cc3)c(=O)n2[C@H]1c1ccc(-c2ccc(Cl)c(Cl)c2)o1. The number of carbonyl (C=O) groups excluding carboxylic acids is 1. The van der Waals surface area contributed by atoms with E-state index in [2.05, 4.69) is 31.0 Å². The van der Waals surface area contributed by atoms with Crippen LogP contribution in [0.3, 0.4) is 0 Å². The zero-order chi connectivity index (χ0) is 27.8. The molecule has 0 aliphatic carbocycles. The van der Waals surface area contributed by atoms with Gasteiger partial charge in [0.2, 0.25) is 0 Å². The van der Waals surface area contributed by atoms with Gasteiger partial charge in [-0.15, -0.1) is 0 Å². The van der Waals surface area contributed by atoms with Crippen LogP contribution in [-0.4, -0.2) is 17.1 Å². The smallest absolute Gasteiger partial charge is 0.338 e. The van der Waals surface area contributed by atoms with Crippen molar-refractivity contribution in [3.8, 4) is 11.3 Å². The third-order valence-electron chi connectivity index (χ3n) is 6.52. The van der Waals surface area contributed by atoms with E-state index in [1.165, 1.54) is 21.5 Å². The summed E-state index contributed by atoms with van der Waals surface area (Å²) in [5.41, 5.74) is 3.30. The van der Waals surface area contributed by atoms with Crippen molar-refractivity contribution in [2.45, 2.75) is 39.7 Å². The normalized spacial score (nSPS) is 15.5. The van der Waals surface area contributed by atoms with Crippen molar-refractivity contribution in [3.63, 3.8) is 0 Å². The minimum Gasteiger partial charge on any atom is -0.463 e. The number of aromatic nitrogens is 1. The minimum absolute atomic E-state index is 0.186. The Bertz CT molecular complexity index is 1780. The Labute approximate surface area is 239 Å². The summed E-state index contributed by atoms with van der Waals surface area (Å²) in [6.45, 7) is 7.93. The zero-order valence-corrected chi connectivity index (χ0v) is 24.2. The number of esters is 1. The van der Waals surface area contributed by atoms with Crippen LogP contribution >= 0.6 is 34.5 Å². The van der Waals surface area contributed by atoms with Crippen molar-refractivity contribution in [1.29, 1.82) is 0 Å². The number of thiazole rings is 1. The Morgan fingerprint density at radius 2 is 1.87 bits per heavy atom. The van der Waals surface area contributed by atoms with Crippen molar-refractivity contribution in [2.24, 2.45) is 4.99 Å². The number of hydrogen-bond acceptors (Lipinski definition) is 6. The fraction of sp³-hybridized carbons (Fsp3) is 0.233. The van der Waals surface area contributed by atoms with Crippen LogP contribution in [0.1, 0.15) is 56.5 Å². The number of hydrogen-bond donors (Lipinski definition) is 0. The van der Waals surface area contributed by atoms with E-state index in [4.69, 9.17) is 32.4 Å². The van der Waals surface area contributed by atoms with Gasteiger partial charge >= 0.3 is 5.97 Å². The minimum atomic E-state index is -0.845. The van der Waals surface area contributed by atoms with Crippen LogP contribution in [0.4, 0.5) is 0 Å². The van der Waals surface area contributed by atoms with Crippen molar-refractivity contribution >= 4 is 46.6 Å². The van der Waals surface area contributed by atoms with Crippen LogP contribution in [0.25, 0.3) is 17.4 Å². The van der Waals surface area contributed by atoms with Gasteiger partial charge in [0.05, 0.1) is 32.5 Å². The number of furan rings is 1. The van der Waals surface area contributed by atoms with Gasteiger partial charge in [0.1, 0.15) is 17.6 Å². The standard InChI is InChI=1S/C30H26Cl2N2O4S/c1-5-37-29(36)26-17(4)33-30-34(28(35)25(39-30)14-18-6-8-19(9-7-18)16(2)3)27(26)24-13-12-23(38-24)20-10-11-21(31)22(32)15-20/h6-16,27H,5H2,1-4H3/b25-14-/t27-/m0/s1. The first kappa shape index (κ1) is 27.2. The lowest BCUT2D eigenvalue weighted by molar-refractivity contribution is -0.139. The Balaban J connectivity index is 1.65. The van der Waals surface area contributed by atoms with Gasteiger partial charge in [0.15, 0.2) is 4.80 Å². The number of halogens is 2. The van der Waals surface area contributed by atoms with Crippen LogP contribution in [0.2, 0.25) is 10.0 Å². The largest absolute Gasteiger partial charge is 0.463 e. The lowest BCUT2D eigenvalue weighted by Crippen LogP contribution is -2.39. The molecule has 0 saturated carbocycles. The maximum atomic E-state index is 13.8. The monoisotopic (exact) mass is 580 g/mol. The second kappa shape index (κ2) is 11.0. The quantitative estimate of drug-likeness (QED) is 0.244. The highest BCUT2D eigenvalue weighted by atomic mass is 35.5. The molecule has 1 aliphatic heterocycles. The summed E-state index contributed by atoms with van der Waals surface area (Å²) >= 11 is 13.6. The lowest BCUT2D eigenvalue weighted by atomic mass is 10.0. The molecular weight excluding hydrogens is 555 g/mol. The van der Waals surface area contributed by atoms with Crippen LogP contribution in [-0.2, 0) is 9.53 Å². The first-order valence-corrected chi connectivity index (χ1v) is 14.1. The first-order valence-electron chi connectivity index (χ1n) is 12.5. The van der Waals surface area contributed by atoms with Crippen LogP contribution in [0.5, 0.6) is 0 Å². The van der Waals surface area contributed by atoms with Crippen LogP contribution in [0.15, 0.2) is 80.1 Å². The molecule has 39 heavy (non-hydrogen) atoms. The molecule has 2 aromatic carbocycles. The number of rotatable bonds is 6. The summed E-state index contributed by atoms with van der Waals surface area (Å²) < 4.78 is 13.6. The zero-order valence-electron chi connectivity index (χ0n) is 21.8. The topological polar surface area (TPSA) is 73.8 Å². The summed E-state index contributed by atoms with van der Waals surface area (Å²) in [6, 6.07) is 16.0. The first-order chi connectivity index (χ1) is 18.7. The number of allylic oxidation sites excluding steroid dienone is 1. The number of nitrogens with zero attached hydrogens (tertiary/aromatic N) is 2. The van der Waals surface area contributed by atoms with Gasteiger partial charge < -0.3 is 9.15 Å². The van der Waals surface area contributed by atoms with Gasteiger partial charge in [-0.2, -0.15) is 0 Å². The predicted octanol–water partition coefficient (Wildman–Crippen LogP) is 6.49. The molecule has 1 atom stereocenters. The summed E-state index contributed by atoms with van der Waals surface area (Å²) in [5, 5.41) is 0.825. The highest BCUT2D eigenvalue weighted by Crippen LogP contribution is 2.35. The summed E-state index contributed by atoms with van der Waals surface area (Å²) in [7, 11) is 0. The van der Waals surface area contributed by atoms with Crippen molar-refractivity contribution < 1.29 is 13.9 Å². The molecule has 0 fully saturated rings. The maximum absolute atomic E-state index is 13.8. The molecule has 0 N–H and O–H groups in total. The fourth-order valence-electron chi connectivity index (χ4n) is 4.49.